The number of hydrogen-bond acceptors (Lipinski definition) is 6. The van der Waals surface area contributed by atoms with Crippen LogP contribution in [0.25, 0.3) is 11.4 Å². The second-order valence-electron chi connectivity index (χ2n) is 8.44. The van der Waals surface area contributed by atoms with Gasteiger partial charge in [-0.1, -0.05) is 47.1 Å². The van der Waals surface area contributed by atoms with Gasteiger partial charge in [-0.05, 0) is 45.0 Å². The molecule has 1 fully saturated rings. The average Bonchev–Trinajstić information content (AvgIpc) is 3.28. The maximum absolute atomic E-state index is 13.0. The molecular weight excluding hydrogens is 404 g/mol. The van der Waals surface area contributed by atoms with Crippen molar-refractivity contribution in [1.82, 2.24) is 19.9 Å². The molecule has 168 valence electrons. The number of ether oxygens (including phenoxy) is 1. The number of benzene rings is 2. The van der Waals surface area contributed by atoms with Crippen molar-refractivity contribution in [3.05, 3.63) is 65.5 Å². The fourth-order valence-corrected chi connectivity index (χ4v) is 4.23. The van der Waals surface area contributed by atoms with Crippen molar-refractivity contribution in [2.75, 3.05) is 27.2 Å². The molecule has 2 heterocycles. The maximum atomic E-state index is 13.0. The van der Waals surface area contributed by atoms with Gasteiger partial charge >= 0.3 is 0 Å². The van der Waals surface area contributed by atoms with Crippen molar-refractivity contribution >= 4 is 5.91 Å². The van der Waals surface area contributed by atoms with E-state index in [0.717, 1.165) is 48.4 Å². The third kappa shape index (κ3) is 5.16. The lowest BCUT2D eigenvalue weighted by atomic mass is 9.95. The van der Waals surface area contributed by atoms with E-state index in [9.17, 15) is 4.79 Å². The number of para-hydroxylation sites is 1. The Morgan fingerprint density at radius 3 is 2.72 bits per heavy atom. The highest BCUT2D eigenvalue weighted by atomic mass is 16.5. The summed E-state index contributed by atoms with van der Waals surface area (Å²) < 4.78 is 10.9. The Morgan fingerprint density at radius 1 is 1.19 bits per heavy atom. The lowest BCUT2D eigenvalue weighted by Gasteiger charge is -2.32. The normalized spacial score (nSPS) is 15.0. The van der Waals surface area contributed by atoms with Gasteiger partial charge < -0.3 is 14.2 Å². The van der Waals surface area contributed by atoms with Crippen molar-refractivity contribution in [2.24, 2.45) is 5.92 Å². The monoisotopic (exact) mass is 434 g/mol. The first-order valence-corrected chi connectivity index (χ1v) is 11.0. The maximum Gasteiger partial charge on any atom is 0.241 e. The molecule has 0 radical (unpaired) electrons. The summed E-state index contributed by atoms with van der Waals surface area (Å²) in [6.45, 7) is 4.87. The average molecular weight is 435 g/mol. The lowest BCUT2D eigenvalue weighted by Crippen LogP contribution is -2.40. The summed E-state index contributed by atoms with van der Waals surface area (Å²) in [6, 6.07) is 15.9. The molecule has 2 aromatic carbocycles. The molecule has 0 saturated carbocycles. The van der Waals surface area contributed by atoms with E-state index in [4.69, 9.17) is 9.26 Å². The van der Waals surface area contributed by atoms with E-state index in [1.807, 2.05) is 67.4 Å². The Balaban J connectivity index is 1.29. The minimum Gasteiger partial charge on any atom is -0.496 e. The molecule has 1 aromatic heterocycles. The predicted octanol–water partition coefficient (Wildman–Crippen LogP) is 3.92. The molecular formula is C25H30N4O3. The van der Waals surface area contributed by atoms with E-state index in [0.29, 0.717) is 24.8 Å². The van der Waals surface area contributed by atoms with Crippen molar-refractivity contribution in [1.29, 1.82) is 0 Å². The third-order valence-corrected chi connectivity index (χ3v) is 6.02. The zero-order valence-electron chi connectivity index (χ0n) is 19.0. The molecule has 1 aliphatic heterocycles. The van der Waals surface area contributed by atoms with Gasteiger partial charge in [0.25, 0.3) is 0 Å². The number of carbonyl (C=O) groups is 1. The Labute approximate surface area is 189 Å². The molecule has 32 heavy (non-hydrogen) atoms. The SMILES string of the molecule is COc1ccccc1CN(C)C(=O)C1CCN(Cc2nc(-c3cccc(C)c3)no2)CC1. The van der Waals surface area contributed by atoms with Crippen LogP contribution in [0, 0.1) is 12.8 Å². The number of methoxy groups -OCH3 is 1. The molecule has 7 nitrogen and oxygen atoms in total. The summed E-state index contributed by atoms with van der Waals surface area (Å²) in [7, 11) is 3.52. The highest BCUT2D eigenvalue weighted by Crippen LogP contribution is 2.24. The van der Waals surface area contributed by atoms with Crippen molar-refractivity contribution < 1.29 is 14.1 Å². The second-order valence-corrected chi connectivity index (χ2v) is 8.44. The number of carbonyl (C=O) groups excluding carboxylic acids is 1. The van der Waals surface area contributed by atoms with Crippen LogP contribution < -0.4 is 4.74 Å². The van der Waals surface area contributed by atoms with Gasteiger partial charge in [-0.25, -0.2) is 0 Å². The van der Waals surface area contributed by atoms with Gasteiger partial charge in [-0.2, -0.15) is 4.98 Å². The molecule has 1 saturated heterocycles. The van der Waals surface area contributed by atoms with E-state index in [-0.39, 0.29) is 11.8 Å². The molecule has 0 aliphatic carbocycles. The zero-order valence-corrected chi connectivity index (χ0v) is 19.0. The van der Waals surface area contributed by atoms with Gasteiger partial charge in [0.2, 0.25) is 17.6 Å². The standard InChI is InChI=1S/C25H30N4O3/c1-18-7-6-9-20(15-18)24-26-23(32-27-24)17-29-13-11-19(12-14-29)25(30)28(2)16-21-8-4-5-10-22(21)31-3/h4-10,15,19H,11-14,16-17H2,1-3H3. The van der Waals surface area contributed by atoms with Crippen LogP contribution in [-0.2, 0) is 17.9 Å². The van der Waals surface area contributed by atoms with Crippen LogP contribution in [0.4, 0.5) is 0 Å². The Morgan fingerprint density at radius 2 is 1.97 bits per heavy atom. The zero-order chi connectivity index (χ0) is 22.5. The number of likely N-dealkylation sites (tertiary alicyclic amines) is 1. The van der Waals surface area contributed by atoms with E-state index in [2.05, 4.69) is 15.0 Å². The number of nitrogens with zero attached hydrogens (tertiary/aromatic N) is 4. The number of amides is 1. The van der Waals surface area contributed by atoms with Gasteiger partial charge in [0.1, 0.15) is 5.75 Å². The first kappa shape index (κ1) is 22.0. The van der Waals surface area contributed by atoms with Gasteiger partial charge in [-0.15, -0.1) is 0 Å². The van der Waals surface area contributed by atoms with Crippen LogP contribution in [0.5, 0.6) is 5.75 Å². The smallest absolute Gasteiger partial charge is 0.241 e. The first-order valence-electron chi connectivity index (χ1n) is 11.0. The summed E-state index contributed by atoms with van der Waals surface area (Å²) >= 11 is 0. The molecule has 0 N–H and O–H groups in total. The summed E-state index contributed by atoms with van der Waals surface area (Å²) in [5.74, 6) is 2.27. The van der Waals surface area contributed by atoms with Gasteiger partial charge in [-0.3, -0.25) is 9.69 Å². The highest BCUT2D eigenvalue weighted by Gasteiger charge is 2.28. The molecule has 0 spiro atoms. The van der Waals surface area contributed by atoms with E-state index in [1.165, 1.54) is 0 Å². The van der Waals surface area contributed by atoms with Crippen molar-refractivity contribution in [2.45, 2.75) is 32.9 Å². The lowest BCUT2D eigenvalue weighted by molar-refractivity contribution is -0.136. The molecule has 1 amide bonds. The van der Waals surface area contributed by atoms with Gasteiger partial charge in [0, 0.05) is 30.6 Å². The molecule has 3 aromatic rings. The number of rotatable bonds is 7. The molecule has 0 unspecified atom stereocenters. The first-order chi connectivity index (χ1) is 15.5. The minimum absolute atomic E-state index is 0.0384. The molecule has 0 atom stereocenters. The van der Waals surface area contributed by atoms with Crippen LogP contribution in [0.1, 0.15) is 29.9 Å². The van der Waals surface area contributed by atoms with Crippen LogP contribution >= 0.6 is 0 Å². The van der Waals surface area contributed by atoms with E-state index >= 15 is 0 Å². The van der Waals surface area contributed by atoms with E-state index in [1.54, 1.807) is 7.11 Å². The van der Waals surface area contributed by atoms with Crippen LogP contribution in [-0.4, -0.2) is 53.1 Å². The van der Waals surface area contributed by atoms with Crippen LogP contribution in [0.2, 0.25) is 0 Å². The summed E-state index contributed by atoms with van der Waals surface area (Å²) in [5, 5.41) is 4.13. The van der Waals surface area contributed by atoms with E-state index < -0.39 is 0 Å². The van der Waals surface area contributed by atoms with Crippen LogP contribution in [0.3, 0.4) is 0 Å². The van der Waals surface area contributed by atoms with Crippen LogP contribution in [0.15, 0.2) is 53.1 Å². The summed E-state index contributed by atoms with van der Waals surface area (Å²) in [4.78, 5) is 21.6. The van der Waals surface area contributed by atoms with Gasteiger partial charge in [0.05, 0.1) is 13.7 Å². The largest absolute Gasteiger partial charge is 0.496 e. The summed E-state index contributed by atoms with van der Waals surface area (Å²) in [5.41, 5.74) is 3.14. The molecule has 1 aliphatic rings. The Kier molecular flexibility index (Phi) is 6.85. The fourth-order valence-electron chi connectivity index (χ4n) is 4.23. The van der Waals surface area contributed by atoms with Crippen molar-refractivity contribution in [3.63, 3.8) is 0 Å². The Hall–Kier alpha value is -3.19. The quantitative estimate of drug-likeness (QED) is 0.561. The molecule has 7 heteroatoms. The van der Waals surface area contributed by atoms with Gasteiger partial charge in [0.15, 0.2) is 0 Å². The molecule has 4 rings (SSSR count). The second kappa shape index (κ2) is 9.96. The Bertz CT molecular complexity index is 1060. The number of hydrogen-bond donors (Lipinski definition) is 0. The third-order valence-electron chi connectivity index (χ3n) is 6.02. The number of aryl methyl sites for hydroxylation is 1. The minimum atomic E-state index is 0.0384. The predicted molar refractivity (Wildman–Crippen MR) is 122 cm³/mol. The number of piperidine rings is 1. The number of aromatic nitrogens is 2. The fraction of sp³-hybridized carbons (Fsp3) is 0.400. The van der Waals surface area contributed by atoms with Crippen molar-refractivity contribution in [3.8, 4) is 17.1 Å². The summed E-state index contributed by atoms with van der Waals surface area (Å²) in [6.07, 6.45) is 1.65. The highest BCUT2D eigenvalue weighted by molar-refractivity contribution is 5.78. The molecule has 0 bridgehead atoms. The topological polar surface area (TPSA) is 71.7 Å².